The number of hydrogen-bond donors (Lipinski definition) is 2. The van der Waals surface area contributed by atoms with Gasteiger partial charge in [-0.2, -0.15) is 13.2 Å². The maximum absolute atomic E-state index is 13.1. The normalized spacial score (nSPS) is 21.5. The van der Waals surface area contributed by atoms with Crippen LogP contribution in [0, 0.1) is 0 Å². The monoisotopic (exact) mass is 338 g/mol. The second kappa shape index (κ2) is 6.72. The summed E-state index contributed by atoms with van der Waals surface area (Å²) in [5.74, 6) is 0.0371. The molecule has 0 radical (unpaired) electrons. The zero-order valence-corrected chi connectivity index (χ0v) is 12.8. The number of nitrogens with one attached hydrogen (secondary N) is 1. The maximum atomic E-state index is 13.1. The average Bonchev–Trinajstić information content (AvgIpc) is 2.57. The molecule has 1 saturated carbocycles. The number of alkyl halides is 3. The second-order valence-corrected chi connectivity index (χ2v) is 5.80. The quantitative estimate of drug-likeness (QED) is 0.899. The molecular weight excluding hydrogens is 321 g/mol. The van der Waals surface area contributed by atoms with Crippen molar-refractivity contribution in [2.24, 2.45) is 0 Å². The van der Waals surface area contributed by atoms with Crippen LogP contribution in [0.25, 0.3) is 11.4 Å². The first-order chi connectivity index (χ1) is 11.4. The van der Waals surface area contributed by atoms with Crippen LogP contribution in [0.2, 0.25) is 0 Å². The molecule has 0 saturated heterocycles. The number of halogens is 3. The molecule has 0 spiro atoms. The third kappa shape index (κ3) is 3.81. The van der Waals surface area contributed by atoms with E-state index in [1.807, 2.05) is 0 Å². The molecule has 0 bridgehead atoms. The van der Waals surface area contributed by atoms with Crippen molar-refractivity contribution in [2.45, 2.75) is 44.0 Å². The average molecular weight is 338 g/mol. The number of anilines is 1. The SMILES string of the molecule is OC1CCCCC1Nc1cc(C(F)(F)F)nc(-c2ccncc2)n1. The number of pyridine rings is 1. The van der Waals surface area contributed by atoms with E-state index < -0.39 is 18.0 Å². The lowest BCUT2D eigenvalue weighted by Gasteiger charge is -2.29. The molecule has 3 rings (SSSR count). The predicted octanol–water partition coefficient (Wildman–Crippen LogP) is 3.27. The Labute approximate surface area is 137 Å². The number of rotatable bonds is 3. The lowest BCUT2D eigenvalue weighted by atomic mass is 9.92. The van der Waals surface area contributed by atoms with E-state index in [9.17, 15) is 18.3 Å². The van der Waals surface area contributed by atoms with Crippen LogP contribution in [0.5, 0.6) is 0 Å². The zero-order chi connectivity index (χ0) is 17.2. The minimum atomic E-state index is -4.58. The van der Waals surface area contributed by atoms with Crippen LogP contribution in [0.15, 0.2) is 30.6 Å². The molecular formula is C16H17F3N4O. The van der Waals surface area contributed by atoms with Gasteiger partial charge in [0.05, 0.1) is 12.1 Å². The molecule has 0 amide bonds. The van der Waals surface area contributed by atoms with Crippen LogP contribution < -0.4 is 5.32 Å². The van der Waals surface area contributed by atoms with Crippen molar-refractivity contribution in [1.29, 1.82) is 0 Å². The molecule has 2 aromatic rings. The van der Waals surface area contributed by atoms with Gasteiger partial charge in [0, 0.05) is 24.0 Å². The molecule has 24 heavy (non-hydrogen) atoms. The van der Waals surface area contributed by atoms with Crippen LogP contribution >= 0.6 is 0 Å². The number of aliphatic hydroxyl groups excluding tert-OH is 1. The van der Waals surface area contributed by atoms with Crippen LogP contribution in [0.3, 0.4) is 0 Å². The van der Waals surface area contributed by atoms with Gasteiger partial charge in [0.1, 0.15) is 5.82 Å². The summed E-state index contributed by atoms with van der Waals surface area (Å²) in [6, 6.07) is 3.68. The van der Waals surface area contributed by atoms with E-state index >= 15 is 0 Å². The van der Waals surface area contributed by atoms with Crippen LogP contribution in [0.4, 0.5) is 19.0 Å². The summed E-state index contributed by atoms with van der Waals surface area (Å²) in [6.07, 6.45) is 0.929. The van der Waals surface area contributed by atoms with Crippen LogP contribution in [-0.4, -0.2) is 32.2 Å². The van der Waals surface area contributed by atoms with Gasteiger partial charge in [0.2, 0.25) is 0 Å². The molecule has 0 aromatic carbocycles. The minimum Gasteiger partial charge on any atom is -0.391 e. The summed E-state index contributed by atoms with van der Waals surface area (Å²) in [7, 11) is 0. The van der Waals surface area contributed by atoms with E-state index in [2.05, 4.69) is 20.3 Å². The van der Waals surface area contributed by atoms with Gasteiger partial charge >= 0.3 is 6.18 Å². The Morgan fingerprint density at radius 3 is 2.46 bits per heavy atom. The summed E-state index contributed by atoms with van der Waals surface area (Å²) < 4.78 is 39.4. The van der Waals surface area contributed by atoms with Gasteiger partial charge in [0.25, 0.3) is 0 Å². The Kier molecular flexibility index (Phi) is 4.66. The first-order valence-corrected chi connectivity index (χ1v) is 7.75. The van der Waals surface area contributed by atoms with Gasteiger partial charge in [-0.25, -0.2) is 9.97 Å². The summed E-state index contributed by atoms with van der Waals surface area (Å²) in [4.78, 5) is 11.6. The van der Waals surface area contributed by atoms with Gasteiger partial charge < -0.3 is 10.4 Å². The highest BCUT2D eigenvalue weighted by molar-refractivity contribution is 5.57. The van der Waals surface area contributed by atoms with Crippen molar-refractivity contribution < 1.29 is 18.3 Å². The largest absolute Gasteiger partial charge is 0.433 e. The highest BCUT2D eigenvalue weighted by atomic mass is 19.4. The first-order valence-electron chi connectivity index (χ1n) is 7.75. The van der Waals surface area contributed by atoms with E-state index in [0.29, 0.717) is 18.4 Å². The summed E-state index contributed by atoms with van der Waals surface area (Å²) in [6.45, 7) is 0. The number of aromatic nitrogens is 3. The van der Waals surface area contributed by atoms with Crippen molar-refractivity contribution in [1.82, 2.24) is 15.0 Å². The predicted molar refractivity (Wildman–Crippen MR) is 82.2 cm³/mol. The summed E-state index contributed by atoms with van der Waals surface area (Å²) in [5.41, 5.74) is -0.569. The van der Waals surface area contributed by atoms with Crippen molar-refractivity contribution in [3.05, 3.63) is 36.3 Å². The molecule has 1 aliphatic rings. The second-order valence-electron chi connectivity index (χ2n) is 5.80. The molecule has 2 unspecified atom stereocenters. The topological polar surface area (TPSA) is 70.9 Å². The van der Waals surface area contributed by atoms with Gasteiger partial charge in [-0.3, -0.25) is 4.98 Å². The Morgan fingerprint density at radius 1 is 1.08 bits per heavy atom. The van der Waals surface area contributed by atoms with Crippen molar-refractivity contribution in [2.75, 3.05) is 5.32 Å². The molecule has 2 aromatic heterocycles. The van der Waals surface area contributed by atoms with E-state index in [1.54, 1.807) is 12.1 Å². The Hall–Kier alpha value is -2.22. The van der Waals surface area contributed by atoms with Crippen molar-refractivity contribution in [3.63, 3.8) is 0 Å². The smallest absolute Gasteiger partial charge is 0.391 e. The number of aliphatic hydroxyl groups is 1. The fourth-order valence-electron chi connectivity index (χ4n) is 2.77. The molecule has 0 aliphatic heterocycles. The van der Waals surface area contributed by atoms with Gasteiger partial charge in [0.15, 0.2) is 11.5 Å². The van der Waals surface area contributed by atoms with Crippen LogP contribution in [0.1, 0.15) is 31.4 Å². The van der Waals surface area contributed by atoms with E-state index in [1.165, 1.54) is 12.4 Å². The fourth-order valence-corrected chi connectivity index (χ4v) is 2.77. The van der Waals surface area contributed by atoms with E-state index in [-0.39, 0.29) is 17.7 Å². The molecule has 1 aliphatic carbocycles. The summed E-state index contributed by atoms with van der Waals surface area (Å²) in [5, 5.41) is 12.9. The molecule has 5 nitrogen and oxygen atoms in total. The lowest BCUT2D eigenvalue weighted by Crippen LogP contribution is -2.36. The molecule has 1 fully saturated rings. The zero-order valence-electron chi connectivity index (χ0n) is 12.8. The van der Waals surface area contributed by atoms with E-state index in [0.717, 1.165) is 18.9 Å². The molecule has 2 N–H and O–H groups in total. The number of hydrogen-bond acceptors (Lipinski definition) is 5. The van der Waals surface area contributed by atoms with Crippen molar-refractivity contribution in [3.8, 4) is 11.4 Å². The van der Waals surface area contributed by atoms with E-state index in [4.69, 9.17) is 0 Å². The lowest BCUT2D eigenvalue weighted by molar-refractivity contribution is -0.141. The van der Waals surface area contributed by atoms with Crippen molar-refractivity contribution >= 4 is 5.82 Å². The van der Waals surface area contributed by atoms with Gasteiger partial charge in [-0.15, -0.1) is 0 Å². The van der Waals surface area contributed by atoms with Crippen LogP contribution in [-0.2, 0) is 6.18 Å². The molecule has 8 heteroatoms. The Bertz CT molecular complexity index is 693. The third-order valence-electron chi connectivity index (χ3n) is 4.02. The van der Waals surface area contributed by atoms with Gasteiger partial charge in [-0.1, -0.05) is 12.8 Å². The molecule has 2 heterocycles. The van der Waals surface area contributed by atoms with Gasteiger partial charge in [-0.05, 0) is 25.0 Å². The Balaban J connectivity index is 1.96. The standard InChI is InChI=1S/C16H17F3N4O/c17-16(18,19)13-9-14(21-11-3-1-2-4-12(11)24)23-15(22-13)10-5-7-20-8-6-10/h5-9,11-12,24H,1-4H2,(H,21,22,23). The molecule has 2 atom stereocenters. The minimum absolute atomic E-state index is 0.0278. The first kappa shape index (κ1) is 16.6. The third-order valence-corrected chi connectivity index (χ3v) is 4.02. The highest BCUT2D eigenvalue weighted by Crippen LogP contribution is 2.31. The summed E-state index contributed by atoms with van der Waals surface area (Å²) >= 11 is 0. The molecule has 128 valence electrons. The highest BCUT2D eigenvalue weighted by Gasteiger charge is 2.34. The Morgan fingerprint density at radius 2 is 1.79 bits per heavy atom. The fraction of sp³-hybridized carbons (Fsp3) is 0.438. The number of nitrogens with zero attached hydrogens (tertiary/aromatic N) is 3. The maximum Gasteiger partial charge on any atom is 0.433 e.